The van der Waals surface area contributed by atoms with Gasteiger partial charge in [0, 0.05) is 55.4 Å². The van der Waals surface area contributed by atoms with Crippen LogP contribution in [0.15, 0.2) is 120 Å². The molecule has 0 N–H and O–H groups in total. The van der Waals surface area contributed by atoms with Crippen LogP contribution in [-0.4, -0.2) is 21.9 Å². The topological polar surface area (TPSA) is 8.17 Å². The van der Waals surface area contributed by atoms with E-state index in [1.54, 1.807) is 5.56 Å². The fourth-order valence-electron chi connectivity index (χ4n) is 9.50. The molecule has 4 aliphatic carbocycles. The summed E-state index contributed by atoms with van der Waals surface area (Å²) in [5.41, 5.74) is 8.81. The standard InChI is InChI=1S/C42H38N2S/c1-2-11-29(12-3-1)43-36-17-7-4-13-30(36)34-25-27(21-23-38(34)43)28-22-24-39-35(26-28)31-14-5-8-18-37(31)44(39)40-19-10-16-33-32-15-6-9-20-41(32)45-42(33)40/h1-2,4-9,11,13-15,17-18,20,22-27,33,35,39-40,42H,3,10,12,16,19,21H2. The second-order valence-electron chi connectivity index (χ2n) is 13.7. The van der Waals surface area contributed by atoms with E-state index < -0.39 is 0 Å². The van der Waals surface area contributed by atoms with Crippen LogP contribution < -0.4 is 15.5 Å². The van der Waals surface area contributed by atoms with Gasteiger partial charge in [-0.05, 0) is 79.0 Å². The van der Waals surface area contributed by atoms with Crippen molar-refractivity contribution in [1.29, 1.82) is 0 Å². The fraction of sp³-hybridized carbons (Fsp3) is 0.286. The largest absolute Gasteiger partial charge is 0.360 e. The lowest BCUT2D eigenvalue weighted by Gasteiger charge is -2.44. The number of allylic oxidation sites excluding steroid dienone is 6. The van der Waals surface area contributed by atoms with Crippen LogP contribution in [0.25, 0.3) is 28.8 Å². The molecular formula is C42H38N2S. The van der Waals surface area contributed by atoms with E-state index in [0.717, 1.165) is 19.3 Å². The lowest BCUT2D eigenvalue weighted by molar-refractivity contribution is 0.380. The van der Waals surface area contributed by atoms with Crippen molar-refractivity contribution in [3.8, 4) is 0 Å². The highest BCUT2D eigenvalue weighted by Crippen LogP contribution is 2.56. The maximum absolute atomic E-state index is 2.86. The van der Waals surface area contributed by atoms with Gasteiger partial charge in [0.1, 0.15) is 0 Å². The van der Waals surface area contributed by atoms with E-state index in [4.69, 9.17) is 0 Å². The first-order valence-corrected chi connectivity index (χ1v) is 17.9. The number of hydrogen-bond acceptors (Lipinski definition) is 2. The van der Waals surface area contributed by atoms with Crippen molar-refractivity contribution < 1.29 is 0 Å². The third-order valence-corrected chi connectivity index (χ3v) is 13.0. The molecule has 6 aliphatic rings. The predicted octanol–water partition coefficient (Wildman–Crippen LogP) is 8.69. The number of hydrogen-bond donors (Lipinski definition) is 0. The first-order chi connectivity index (χ1) is 22.3. The van der Waals surface area contributed by atoms with Crippen LogP contribution in [0.1, 0.15) is 61.5 Å². The van der Waals surface area contributed by atoms with E-state index in [1.165, 1.54) is 68.1 Å². The monoisotopic (exact) mass is 602 g/mol. The van der Waals surface area contributed by atoms with Gasteiger partial charge in [-0.2, -0.15) is 0 Å². The molecule has 2 aliphatic heterocycles. The molecule has 0 radical (unpaired) electrons. The van der Waals surface area contributed by atoms with Gasteiger partial charge < -0.3 is 9.47 Å². The molecule has 6 atom stereocenters. The average Bonchev–Trinajstić information content (AvgIpc) is 3.76. The molecule has 3 heterocycles. The summed E-state index contributed by atoms with van der Waals surface area (Å²) in [7, 11) is 0. The maximum Gasteiger partial charge on any atom is 0.0584 e. The van der Waals surface area contributed by atoms with E-state index in [-0.39, 0.29) is 0 Å². The minimum Gasteiger partial charge on any atom is -0.360 e. The number of rotatable bonds is 3. The van der Waals surface area contributed by atoms with Crippen LogP contribution in [0.2, 0.25) is 0 Å². The average molecular weight is 603 g/mol. The molecule has 0 bridgehead atoms. The Labute approximate surface area is 269 Å². The normalized spacial score (nSPS) is 29.1. The van der Waals surface area contributed by atoms with Crippen molar-refractivity contribution in [2.45, 2.75) is 72.6 Å². The van der Waals surface area contributed by atoms with Crippen LogP contribution in [0, 0.1) is 5.92 Å². The van der Waals surface area contributed by atoms with Gasteiger partial charge in [0.2, 0.25) is 0 Å². The number of benzene rings is 3. The lowest BCUT2D eigenvalue weighted by atomic mass is 9.79. The Bertz CT molecular complexity index is 2110. The molecule has 1 saturated carbocycles. The smallest absolute Gasteiger partial charge is 0.0584 e. The van der Waals surface area contributed by atoms with Gasteiger partial charge in [-0.1, -0.05) is 104 Å². The van der Waals surface area contributed by atoms with Gasteiger partial charge in [0.25, 0.3) is 0 Å². The lowest BCUT2D eigenvalue weighted by Crippen LogP contribution is -2.49. The van der Waals surface area contributed by atoms with Gasteiger partial charge in [-0.3, -0.25) is 0 Å². The van der Waals surface area contributed by atoms with Crippen molar-refractivity contribution in [2.75, 3.05) is 4.90 Å². The summed E-state index contributed by atoms with van der Waals surface area (Å²) < 4.78 is 2.53. The zero-order chi connectivity index (χ0) is 29.5. The van der Waals surface area contributed by atoms with E-state index in [1.807, 2.05) is 0 Å². The maximum atomic E-state index is 2.86. The first kappa shape index (κ1) is 26.3. The summed E-state index contributed by atoms with van der Waals surface area (Å²) in [6.07, 6.45) is 26.8. The van der Waals surface area contributed by atoms with Gasteiger partial charge in [0.05, 0.1) is 11.6 Å². The zero-order valence-corrected chi connectivity index (χ0v) is 26.4. The van der Waals surface area contributed by atoms with Gasteiger partial charge >= 0.3 is 0 Å². The zero-order valence-electron chi connectivity index (χ0n) is 25.6. The minimum absolute atomic E-state index is 0.398. The van der Waals surface area contributed by atoms with Crippen molar-refractivity contribution in [3.05, 3.63) is 137 Å². The highest BCUT2D eigenvalue weighted by molar-refractivity contribution is 8.00. The number of fused-ring (bicyclic) bond motifs is 9. The molecule has 0 saturated heterocycles. The molecule has 6 unspecified atom stereocenters. The van der Waals surface area contributed by atoms with Crippen molar-refractivity contribution in [2.24, 2.45) is 5.92 Å². The van der Waals surface area contributed by atoms with Crippen LogP contribution in [0.5, 0.6) is 0 Å². The summed E-state index contributed by atoms with van der Waals surface area (Å²) >= 11 is 2.16. The SMILES string of the molecule is C1=CCCC(n2c3c(c4ccccc42)=CC(C2=CC4c5ccccc5N(C5CCCC6c7ccccc7SC65)C4C=C2)CC=3)=C1. The Morgan fingerprint density at radius 1 is 0.844 bits per heavy atom. The highest BCUT2D eigenvalue weighted by Gasteiger charge is 2.48. The third kappa shape index (κ3) is 3.96. The van der Waals surface area contributed by atoms with Crippen LogP contribution >= 0.6 is 11.8 Å². The molecule has 1 aromatic heterocycles. The number of aromatic nitrogens is 1. The summed E-state index contributed by atoms with van der Waals surface area (Å²) in [6, 6.07) is 28.5. The van der Waals surface area contributed by atoms with Crippen LogP contribution in [0.4, 0.5) is 5.69 Å². The molecule has 3 heteroatoms. The van der Waals surface area contributed by atoms with E-state index >= 15 is 0 Å². The Balaban J connectivity index is 1.02. The third-order valence-electron chi connectivity index (χ3n) is 11.4. The number of thioether (sulfide) groups is 1. The molecule has 1 fully saturated rings. The van der Waals surface area contributed by atoms with E-state index in [2.05, 4.69) is 143 Å². The predicted molar refractivity (Wildman–Crippen MR) is 190 cm³/mol. The van der Waals surface area contributed by atoms with E-state index in [9.17, 15) is 0 Å². The fourth-order valence-corrected chi connectivity index (χ4v) is 11.2. The van der Waals surface area contributed by atoms with Gasteiger partial charge in [-0.25, -0.2) is 0 Å². The second kappa shape index (κ2) is 10.3. The van der Waals surface area contributed by atoms with E-state index in [0.29, 0.717) is 35.1 Å². The molecule has 4 aromatic rings. The quantitative estimate of drug-likeness (QED) is 0.232. The van der Waals surface area contributed by atoms with Gasteiger partial charge in [0.15, 0.2) is 0 Å². The summed E-state index contributed by atoms with van der Waals surface area (Å²) in [6.45, 7) is 0. The van der Waals surface area contributed by atoms with Crippen molar-refractivity contribution in [3.63, 3.8) is 0 Å². The molecule has 10 rings (SSSR count). The number of nitrogens with zero attached hydrogens (tertiary/aromatic N) is 2. The van der Waals surface area contributed by atoms with Crippen molar-refractivity contribution >= 4 is 46.2 Å². The molecule has 0 amide bonds. The highest BCUT2D eigenvalue weighted by atomic mass is 32.2. The number of anilines is 1. The van der Waals surface area contributed by atoms with Crippen molar-refractivity contribution in [1.82, 2.24) is 4.57 Å². The number of para-hydroxylation sites is 2. The Morgan fingerprint density at radius 3 is 2.64 bits per heavy atom. The molecule has 0 spiro atoms. The molecule has 3 aromatic carbocycles. The Kier molecular flexibility index (Phi) is 6.01. The summed E-state index contributed by atoms with van der Waals surface area (Å²) in [5.74, 6) is 1.49. The van der Waals surface area contributed by atoms with Crippen LogP contribution in [-0.2, 0) is 0 Å². The minimum atomic E-state index is 0.398. The summed E-state index contributed by atoms with van der Waals surface area (Å²) in [5, 5.41) is 4.80. The molecule has 222 valence electrons. The Morgan fingerprint density at radius 2 is 1.71 bits per heavy atom. The molecule has 45 heavy (non-hydrogen) atoms. The molecular weight excluding hydrogens is 565 g/mol. The van der Waals surface area contributed by atoms with Gasteiger partial charge in [-0.15, -0.1) is 11.8 Å². The second-order valence-corrected chi connectivity index (χ2v) is 14.9. The Hall–Kier alpha value is -3.95. The first-order valence-electron chi connectivity index (χ1n) is 17.0. The molecule has 2 nitrogen and oxygen atoms in total. The summed E-state index contributed by atoms with van der Waals surface area (Å²) in [4.78, 5) is 4.37. The van der Waals surface area contributed by atoms with Crippen LogP contribution in [0.3, 0.4) is 0 Å².